The molecule has 21 nitrogen and oxygen atoms in total. The van der Waals surface area contributed by atoms with E-state index >= 15 is 0 Å². The zero-order valence-electron chi connectivity index (χ0n) is 28.2. The molecular weight excluding hydrogens is 822 g/mol. The maximum atomic E-state index is 12.5. The number of hydrogen-bond donors (Lipinski definition) is 5. The number of nitrogens with zero attached hydrogens (tertiary/aromatic N) is 6. The summed E-state index contributed by atoms with van der Waals surface area (Å²) in [4.78, 5) is 12.5. The molecule has 0 aliphatic rings. The number of ether oxygens (including phenoxy) is 1. The highest BCUT2D eigenvalue weighted by Gasteiger charge is 2.24. The van der Waals surface area contributed by atoms with Gasteiger partial charge in [0.1, 0.15) is 26.9 Å². The Bertz CT molecular complexity index is 2540. The maximum absolute atomic E-state index is 12.5. The summed E-state index contributed by atoms with van der Waals surface area (Å²) in [5, 5.41) is 21.2. The van der Waals surface area contributed by atoms with E-state index in [1.165, 1.54) is 31.4 Å². The molecule has 0 spiro atoms. The molecule has 5 N–H and O–H groups in total. The highest BCUT2D eigenvalue weighted by Crippen LogP contribution is 2.43. The van der Waals surface area contributed by atoms with E-state index in [4.69, 9.17) is 20.9 Å². The number of hydrogen-bond acceptors (Lipinski definition) is 18. The fourth-order valence-electron chi connectivity index (χ4n) is 4.97. The van der Waals surface area contributed by atoms with Crippen LogP contribution in [-0.4, -0.2) is 106 Å². The quantitative estimate of drug-likeness (QED) is 0.0746. The summed E-state index contributed by atoms with van der Waals surface area (Å²) in [5.41, 5.74) is -0.958. The molecule has 0 saturated heterocycles. The van der Waals surface area contributed by atoms with Gasteiger partial charge in [-0.15, -0.1) is 10.2 Å². The van der Waals surface area contributed by atoms with Crippen molar-refractivity contribution >= 4 is 91.8 Å². The van der Waals surface area contributed by atoms with E-state index in [1.807, 2.05) is 0 Å². The summed E-state index contributed by atoms with van der Waals surface area (Å²) >= 11 is 6.17. The van der Waals surface area contributed by atoms with E-state index in [9.17, 15) is 47.9 Å². The van der Waals surface area contributed by atoms with Crippen LogP contribution in [0.15, 0.2) is 62.5 Å². The van der Waals surface area contributed by atoms with Gasteiger partial charge in [0.15, 0.2) is 15.6 Å². The number of azo groups is 1. The van der Waals surface area contributed by atoms with Crippen LogP contribution in [-0.2, 0) is 44.7 Å². The molecule has 0 radical (unpaired) electrons. The third kappa shape index (κ3) is 11.3. The van der Waals surface area contributed by atoms with Crippen LogP contribution >= 0.6 is 11.6 Å². The normalized spacial score (nSPS) is 13.3. The number of sulfone groups is 1. The predicted molar refractivity (Wildman–Crippen MR) is 194 cm³/mol. The lowest BCUT2D eigenvalue weighted by Crippen LogP contribution is -2.33. The van der Waals surface area contributed by atoms with Gasteiger partial charge in [0, 0.05) is 30.2 Å². The average molecular weight is 854 g/mol. The fraction of sp³-hybridized carbons (Fsp3) is 0.321. The van der Waals surface area contributed by atoms with Crippen LogP contribution in [0.4, 0.5) is 29.0 Å². The minimum atomic E-state index is -5.08. The number of aromatic hydroxyl groups is 1. The second kappa shape index (κ2) is 16.6. The van der Waals surface area contributed by atoms with Gasteiger partial charge in [0.2, 0.25) is 17.2 Å². The highest BCUT2D eigenvalue weighted by molar-refractivity contribution is 7.91. The Labute approximate surface area is 314 Å². The number of methoxy groups -OCH3 is 1. The lowest BCUT2D eigenvalue weighted by molar-refractivity contribution is 0.283. The molecule has 0 amide bonds. The van der Waals surface area contributed by atoms with Gasteiger partial charge in [0.25, 0.3) is 20.2 Å². The van der Waals surface area contributed by atoms with E-state index in [0.717, 1.165) is 18.2 Å². The van der Waals surface area contributed by atoms with E-state index in [2.05, 4.69) is 34.7 Å². The second-order valence-electron chi connectivity index (χ2n) is 11.4. The number of rotatable bonds is 17. The molecule has 54 heavy (non-hydrogen) atoms. The summed E-state index contributed by atoms with van der Waals surface area (Å²) < 4.78 is 132. The molecule has 0 bridgehead atoms. The topological polar surface area (TPSA) is 315 Å². The van der Waals surface area contributed by atoms with Crippen LogP contribution in [0.2, 0.25) is 5.28 Å². The number of anilines is 3. The second-order valence-corrected chi connectivity index (χ2v) is 17.8. The van der Waals surface area contributed by atoms with Crippen molar-refractivity contribution in [1.29, 1.82) is 0 Å². The molecule has 4 aromatic rings. The summed E-state index contributed by atoms with van der Waals surface area (Å²) in [7, 11) is -17.3. The fourth-order valence-corrected chi connectivity index (χ4v) is 8.29. The number of phenolic OH excluding ortho intramolecular Hbond substituents is 1. The SMILES string of the molecule is CCN(CC(C)CS(=O)(=O)CCOS(=O)(=O)O)c1nc(Cl)nc(Nc2ccc3c(O)c(N=Nc4ccc(OC)cc4S(=O)(=O)O)c(S(=O)(=O)O)cc3c2)n1. The van der Waals surface area contributed by atoms with E-state index in [1.54, 1.807) is 18.7 Å². The van der Waals surface area contributed by atoms with E-state index in [0.29, 0.717) is 6.54 Å². The first kappa shape index (κ1) is 42.4. The van der Waals surface area contributed by atoms with Crippen LogP contribution in [0, 0.1) is 5.92 Å². The van der Waals surface area contributed by atoms with Crippen LogP contribution < -0.4 is 15.0 Å². The molecule has 26 heteroatoms. The van der Waals surface area contributed by atoms with Crippen molar-refractivity contribution in [3.8, 4) is 11.5 Å². The van der Waals surface area contributed by atoms with Gasteiger partial charge in [-0.05, 0) is 66.2 Å². The lowest BCUT2D eigenvalue weighted by Gasteiger charge is -2.24. The molecule has 1 unspecified atom stereocenters. The van der Waals surface area contributed by atoms with Crippen molar-refractivity contribution in [2.24, 2.45) is 16.1 Å². The monoisotopic (exact) mass is 853 g/mol. The van der Waals surface area contributed by atoms with Crippen LogP contribution in [0.1, 0.15) is 13.8 Å². The molecule has 0 saturated carbocycles. The summed E-state index contributed by atoms with van der Waals surface area (Å²) in [5.74, 6) is -2.31. The summed E-state index contributed by atoms with van der Waals surface area (Å²) in [6.07, 6.45) is 0. The van der Waals surface area contributed by atoms with Crippen molar-refractivity contribution in [3.63, 3.8) is 0 Å². The third-order valence-corrected chi connectivity index (χ3v) is 11.5. The Morgan fingerprint density at radius 1 is 0.907 bits per heavy atom. The summed E-state index contributed by atoms with van der Waals surface area (Å²) in [6, 6.07) is 8.45. The zero-order chi connectivity index (χ0) is 40.2. The molecule has 294 valence electrons. The number of halogens is 1. The Morgan fingerprint density at radius 2 is 1.59 bits per heavy atom. The van der Waals surface area contributed by atoms with Gasteiger partial charge < -0.3 is 20.1 Å². The number of nitrogens with one attached hydrogen (secondary N) is 1. The Kier molecular flexibility index (Phi) is 13.0. The number of phenols is 1. The Balaban J connectivity index is 1.63. The highest BCUT2D eigenvalue weighted by atomic mass is 35.5. The van der Waals surface area contributed by atoms with Gasteiger partial charge in [0.05, 0.1) is 25.2 Å². The van der Waals surface area contributed by atoms with E-state index < -0.39 is 85.7 Å². The van der Waals surface area contributed by atoms with E-state index in [-0.39, 0.29) is 51.7 Å². The van der Waals surface area contributed by atoms with Crippen LogP contribution in [0.5, 0.6) is 11.5 Å². The average Bonchev–Trinajstić information content (AvgIpc) is 3.04. The van der Waals surface area contributed by atoms with Crippen molar-refractivity contribution in [3.05, 3.63) is 47.7 Å². The van der Waals surface area contributed by atoms with Gasteiger partial charge in [-0.2, -0.15) is 40.2 Å². The smallest absolute Gasteiger partial charge is 0.397 e. The molecule has 0 fully saturated rings. The number of aromatic nitrogens is 3. The molecule has 0 aliphatic carbocycles. The first-order valence-electron chi connectivity index (χ1n) is 15.1. The van der Waals surface area contributed by atoms with Crippen LogP contribution in [0.3, 0.4) is 0 Å². The largest absolute Gasteiger partial charge is 0.505 e. The number of benzene rings is 3. The molecular formula is C28H32ClN7O14S4. The summed E-state index contributed by atoms with van der Waals surface area (Å²) in [6.45, 7) is 3.01. The molecule has 0 aliphatic heterocycles. The standard InChI is InChI=1S/C28H32ClN7O14S4/c1-4-36(14-16(2)15-51(38,39)10-9-50-54(46,47)48)28-32-26(29)31-27(33-28)30-18-5-7-20-17(11-18)12-23(53(43,44)45)24(25(20)37)35-34-21-8-6-19(49-3)13-22(21)52(40,41)42/h5-8,11-13,16,37H,4,9-10,14-15H2,1-3H3,(H,40,41,42)(H,43,44,45)(H,46,47,48)(H,30,31,32,33). The van der Waals surface area contributed by atoms with Gasteiger partial charge >= 0.3 is 10.4 Å². The zero-order valence-corrected chi connectivity index (χ0v) is 32.2. The lowest BCUT2D eigenvalue weighted by atomic mass is 10.1. The first-order chi connectivity index (χ1) is 25.0. The molecule has 1 atom stereocenters. The Morgan fingerprint density at radius 3 is 2.20 bits per heavy atom. The Hall–Kier alpha value is -4.34. The van der Waals surface area contributed by atoms with Crippen molar-refractivity contribution < 1.29 is 61.4 Å². The van der Waals surface area contributed by atoms with Gasteiger partial charge in [-0.3, -0.25) is 13.7 Å². The van der Waals surface area contributed by atoms with Crippen molar-refractivity contribution in [1.82, 2.24) is 15.0 Å². The minimum Gasteiger partial charge on any atom is -0.505 e. The maximum Gasteiger partial charge on any atom is 0.397 e. The van der Waals surface area contributed by atoms with Gasteiger partial charge in [-0.1, -0.05) is 6.92 Å². The number of fused-ring (bicyclic) bond motifs is 1. The van der Waals surface area contributed by atoms with Gasteiger partial charge in [-0.25, -0.2) is 12.6 Å². The minimum absolute atomic E-state index is 0.0200. The molecule has 4 rings (SSSR count). The first-order valence-corrected chi connectivity index (χ1v) is 21.5. The molecule has 3 aromatic carbocycles. The molecule has 1 heterocycles. The van der Waals surface area contributed by atoms with Crippen molar-refractivity contribution in [2.75, 3.05) is 48.5 Å². The van der Waals surface area contributed by atoms with Crippen LogP contribution in [0.25, 0.3) is 10.8 Å². The van der Waals surface area contributed by atoms with Crippen molar-refractivity contribution in [2.45, 2.75) is 23.6 Å². The molecule has 1 aromatic heterocycles. The third-order valence-electron chi connectivity index (χ3n) is 7.25. The predicted octanol–water partition coefficient (Wildman–Crippen LogP) is 3.74.